The summed E-state index contributed by atoms with van der Waals surface area (Å²) >= 11 is 0. The minimum absolute atomic E-state index is 0.0112. The van der Waals surface area contributed by atoms with Crippen LogP contribution in [0.5, 0.6) is 0 Å². The lowest BCUT2D eigenvalue weighted by Crippen LogP contribution is -2.64. The molecule has 1 fully saturated rings. The third-order valence-corrected chi connectivity index (χ3v) is 5.10. The zero-order valence-electron chi connectivity index (χ0n) is 21.9. The van der Waals surface area contributed by atoms with Gasteiger partial charge < -0.3 is 59.1 Å². The Hall–Kier alpha value is -1.90. The summed E-state index contributed by atoms with van der Waals surface area (Å²) in [6.07, 6.45) is 0.229. The molecular weight excluding hydrogens is 508 g/mol. The number of carbonyl (C=O) groups excluding carboxylic acids is 2. The molecule has 1 saturated heterocycles. The Labute approximate surface area is 223 Å². The van der Waals surface area contributed by atoms with E-state index in [-0.39, 0.29) is 38.7 Å². The van der Waals surface area contributed by atoms with Gasteiger partial charge in [0.05, 0.1) is 72.7 Å². The number of rotatable bonds is 22. The quantitative estimate of drug-likeness (QED) is 0.0689. The maximum atomic E-state index is 11.9. The Bertz CT molecular complexity index is 677. The number of hydrogen-bond acceptors (Lipinski definition) is 12. The lowest BCUT2D eigenvalue weighted by Gasteiger charge is -2.42. The van der Waals surface area contributed by atoms with Crippen molar-refractivity contribution >= 4 is 11.8 Å². The van der Waals surface area contributed by atoms with Crippen molar-refractivity contribution in [3.05, 3.63) is 0 Å². The highest BCUT2D eigenvalue weighted by atomic mass is 16.7. The third-order valence-electron chi connectivity index (χ3n) is 5.10. The van der Waals surface area contributed by atoms with Crippen LogP contribution in [0.15, 0.2) is 0 Å². The van der Waals surface area contributed by atoms with Crippen LogP contribution in [0.4, 0.5) is 0 Å². The minimum atomic E-state index is -1.39. The van der Waals surface area contributed by atoms with E-state index in [0.29, 0.717) is 52.9 Å². The standard InChI is InChI=1S/C24H42N2O12/c1-3-6-32-9-11-34-13-15-36-16-14-35-12-10-33-7-4-20(29)25-5-8-37-24-21(26-18(2)28)23(31)22(30)19(17-27)38-24/h1,19,21-24,27,30-31H,4-17H2,2H3,(H,25,29)(H,26,28)/t19-,21-,22+,23-,24-/m1/s1. The predicted octanol–water partition coefficient (Wildman–Crippen LogP) is -2.83. The second-order valence-corrected chi connectivity index (χ2v) is 8.11. The normalized spacial score (nSPS) is 23.1. The molecule has 0 aliphatic carbocycles. The van der Waals surface area contributed by atoms with Gasteiger partial charge >= 0.3 is 0 Å². The topological polar surface area (TPSA) is 184 Å². The van der Waals surface area contributed by atoms with Crippen LogP contribution < -0.4 is 10.6 Å². The van der Waals surface area contributed by atoms with Crippen LogP contribution >= 0.6 is 0 Å². The number of terminal acetylenes is 1. The van der Waals surface area contributed by atoms with E-state index in [2.05, 4.69) is 16.6 Å². The second kappa shape index (κ2) is 22.0. The van der Waals surface area contributed by atoms with Gasteiger partial charge in [0.25, 0.3) is 0 Å². The fourth-order valence-corrected chi connectivity index (χ4v) is 3.24. The van der Waals surface area contributed by atoms with E-state index in [1.807, 2.05) is 0 Å². The van der Waals surface area contributed by atoms with Crippen LogP contribution in [-0.4, -0.2) is 144 Å². The molecule has 220 valence electrons. The van der Waals surface area contributed by atoms with E-state index in [1.165, 1.54) is 6.92 Å². The molecule has 0 spiro atoms. The van der Waals surface area contributed by atoms with Gasteiger partial charge in [-0.3, -0.25) is 9.59 Å². The molecule has 0 aromatic carbocycles. The number of amides is 2. The first-order valence-electron chi connectivity index (χ1n) is 12.5. The van der Waals surface area contributed by atoms with Gasteiger partial charge in [0.1, 0.15) is 31.0 Å². The zero-order valence-corrected chi connectivity index (χ0v) is 21.9. The molecule has 0 saturated carbocycles. The van der Waals surface area contributed by atoms with E-state index in [4.69, 9.17) is 39.6 Å². The van der Waals surface area contributed by atoms with Crippen molar-refractivity contribution in [2.45, 2.75) is 44.0 Å². The third kappa shape index (κ3) is 15.5. The van der Waals surface area contributed by atoms with Gasteiger partial charge in [-0.25, -0.2) is 0 Å². The van der Waals surface area contributed by atoms with Gasteiger partial charge in [-0.1, -0.05) is 5.92 Å². The molecule has 0 aromatic rings. The summed E-state index contributed by atoms with van der Waals surface area (Å²) in [6, 6.07) is -1.03. The Balaban J connectivity index is 2.00. The molecule has 5 atom stereocenters. The number of hydrogen-bond donors (Lipinski definition) is 5. The second-order valence-electron chi connectivity index (χ2n) is 8.11. The highest BCUT2D eigenvalue weighted by Gasteiger charge is 2.45. The summed E-state index contributed by atoms with van der Waals surface area (Å²) in [5.74, 6) is 1.67. The van der Waals surface area contributed by atoms with E-state index < -0.39 is 43.2 Å². The number of carbonyl (C=O) groups is 2. The van der Waals surface area contributed by atoms with Crippen molar-refractivity contribution in [2.24, 2.45) is 0 Å². The van der Waals surface area contributed by atoms with Gasteiger partial charge in [-0.05, 0) is 0 Å². The van der Waals surface area contributed by atoms with Crippen LogP contribution in [-0.2, 0) is 42.7 Å². The summed E-state index contributed by atoms with van der Waals surface area (Å²) in [5, 5.41) is 34.6. The Kier molecular flexibility index (Phi) is 19.7. The Morgan fingerprint density at radius 3 is 1.95 bits per heavy atom. The summed E-state index contributed by atoms with van der Waals surface area (Å²) < 4.78 is 37.4. The maximum absolute atomic E-state index is 11.9. The predicted molar refractivity (Wildman–Crippen MR) is 132 cm³/mol. The van der Waals surface area contributed by atoms with E-state index in [1.54, 1.807) is 0 Å². The molecule has 0 unspecified atom stereocenters. The summed E-state index contributed by atoms with van der Waals surface area (Å²) in [7, 11) is 0. The van der Waals surface area contributed by atoms with Crippen molar-refractivity contribution in [3.63, 3.8) is 0 Å². The fraction of sp³-hybridized carbons (Fsp3) is 0.833. The highest BCUT2D eigenvalue weighted by Crippen LogP contribution is 2.22. The molecule has 0 bridgehead atoms. The fourth-order valence-electron chi connectivity index (χ4n) is 3.24. The molecule has 14 heteroatoms. The van der Waals surface area contributed by atoms with E-state index >= 15 is 0 Å². The van der Waals surface area contributed by atoms with Crippen molar-refractivity contribution < 1.29 is 58.1 Å². The van der Waals surface area contributed by atoms with Crippen LogP contribution in [0.2, 0.25) is 0 Å². The molecule has 5 N–H and O–H groups in total. The van der Waals surface area contributed by atoms with Crippen LogP contribution in [0, 0.1) is 12.3 Å². The summed E-state index contributed by atoms with van der Waals surface area (Å²) in [6.45, 7) is 4.72. The first kappa shape index (κ1) is 34.1. The molecule has 2 amide bonds. The Morgan fingerprint density at radius 1 is 0.868 bits per heavy atom. The van der Waals surface area contributed by atoms with Crippen LogP contribution in [0.25, 0.3) is 0 Å². The van der Waals surface area contributed by atoms with Crippen molar-refractivity contribution in [1.82, 2.24) is 10.6 Å². The van der Waals surface area contributed by atoms with Gasteiger partial charge in [-0.2, -0.15) is 0 Å². The van der Waals surface area contributed by atoms with Gasteiger partial charge in [-0.15, -0.1) is 6.42 Å². The van der Waals surface area contributed by atoms with Gasteiger partial charge in [0, 0.05) is 19.9 Å². The molecule has 1 aliphatic rings. The average molecular weight is 551 g/mol. The smallest absolute Gasteiger partial charge is 0.222 e. The molecule has 38 heavy (non-hydrogen) atoms. The largest absolute Gasteiger partial charge is 0.394 e. The number of aliphatic hydroxyl groups excluding tert-OH is 3. The number of nitrogens with one attached hydrogen (secondary N) is 2. The molecule has 1 aliphatic heterocycles. The van der Waals surface area contributed by atoms with E-state index in [9.17, 15) is 24.9 Å². The molecule has 0 radical (unpaired) electrons. The summed E-state index contributed by atoms with van der Waals surface area (Å²) in [5.41, 5.74) is 0. The van der Waals surface area contributed by atoms with Gasteiger partial charge in [0.15, 0.2) is 6.29 Å². The molecule has 14 nitrogen and oxygen atoms in total. The molecule has 1 heterocycles. The average Bonchev–Trinajstić information content (AvgIpc) is 2.89. The van der Waals surface area contributed by atoms with Crippen LogP contribution in [0.3, 0.4) is 0 Å². The summed E-state index contributed by atoms with van der Waals surface area (Å²) in [4.78, 5) is 23.3. The van der Waals surface area contributed by atoms with Crippen LogP contribution in [0.1, 0.15) is 13.3 Å². The monoisotopic (exact) mass is 550 g/mol. The maximum Gasteiger partial charge on any atom is 0.222 e. The zero-order chi connectivity index (χ0) is 28.0. The van der Waals surface area contributed by atoms with E-state index in [0.717, 1.165) is 0 Å². The Morgan fingerprint density at radius 2 is 1.42 bits per heavy atom. The minimum Gasteiger partial charge on any atom is -0.394 e. The van der Waals surface area contributed by atoms with Crippen molar-refractivity contribution in [2.75, 3.05) is 85.8 Å². The first-order chi connectivity index (χ1) is 18.4. The molecular formula is C24H42N2O12. The lowest BCUT2D eigenvalue weighted by atomic mass is 9.97. The first-order valence-corrected chi connectivity index (χ1v) is 12.5. The number of ether oxygens (including phenoxy) is 7. The SMILES string of the molecule is C#CCOCCOCCOCCOCCOCCC(=O)NCCO[C@@H]1O[C@H](CO)[C@H](O)[C@H](O)[C@H]1NC(C)=O. The van der Waals surface area contributed by atoms with Crippen molar-refractivity contribution in [3.8, 4) is 12.3 Å². The highest BCUT2D eigenvalue weighted by molar-refractivity contribution is 5.75. The number of aliphatic hydroxyl groups is 3. The van der Waals surface area contributed by atoms with Gasteiger partial charge in [0.2, 0.25) is 11.8 Å². The molecule has 0 aromatic heterocycles. The van der Waals surface area contributed by atoms with Crippen molar-refractivity contribution in [1.29, 1.82) is 0 Å². The lowest BCUT2D eigenvalue weighted by molar-refractivity contribution is -0.269. The molecule has 1 rings (SSSR count).